The van der Waals surface area contributed by atoms with Crippen LogP contribution in [0.1, 0.15) is 6.92 Å². The first kappa shape index (κ1) is 9.48. The van der Waals surface area contributed by atoms with Crippen LogP contribution in [0.2, 0.25) is 0 Å². The van der Waals surface area contributed by atoms with Gasteiger partial charge in [-0.25, -0.2) is 9.97 Å². The standard InChI is InChI=1S/C8H13N3S/c1-7(9-2)6-12-8-10-4-3-5-11-8/h3-5,7,9H,6H2,1-2H3. The van der Waals surface area contributed by atoms with Gasteiger partial charge in [0.1, 0.15) is 0 Å². The molecule has 1 aromatic heterocycles. The average molecular weight is 183 g/mol. The Bertz CT molecular complexity index is 215. The van der Waals surface area contributed by atoms with E-state index >= 15 is 0 Å². The molecule has 0 amide bonds. The lowest BCUT2D eigenvalue weighted by Gasteiger charge is -2.07. The Morgan fingerprint density at radius 3 is 2.75 bits per heavy atom. The maximum Gasteiger partial charge on any atom is 0.187 e. The van der Waals surface area contributed by atoms with Crippen LogP contribution in [0.3, 0.4) is 0 Å². The van der Waals surface area contributed by atoms with Gasteiger partial charge in [0.15, 0.2) is 5.16 Å². The summed E-state index contributed by atoms with van der Waals surface area (Å²) in [6.45, 7) is 2.13. The van der Waals surface area contributed by atoms with Crippen LogP contribution in [0.15, 0.2) is 23.6 Å². The van der Waals surface area contributed by atoms with Crippen LogP contribution in [-0.4, -0.2) is 28.8 Å². The van der Waals surface area contributed by atoms with Gasteiger partial charge in [0.2, 0.25) is 0 Å². The van der Waals surface area contributed by atoms with E-state index in [9.17, 15) is 0 Å². The van der Waals surface area contributed by atoms with Gasteiger partial charge in [-0.2, -0.15) is 0 Å². The van der Waals surface area contributed by atoms with E-state index in [1.165, 1.54) is 0 Å². The fourth-order valence-corrected chi connectivity index (χ4v) is 1.48. The molecule has 0 aliphatic carbocycles. The van der Waals surface area contributed by atoms with Gasteiger partial charge in [0, 0.05) is 24.2 Å². The van der Waals surface area contributed by atoms with Crippen molar-refractivity contribution in [1.29, 1.82) is 0 Å². The van der Waals surface area contributed by atoms with Crippen molar-refractivity contribution in [2.75, 3.05) is 12.8 Å². The van der Waals surface area contributed by atoms with Crippen molar-refractivity contribution in [1.82, 2.24) is 15.3 Å². The monoisotopic (exact) mass is 183 g/mol. The number of hydrogen-bond acceptors (Lipinski definition) is 4. The van der Waals surface area contributed by atoms with Gasteiger partial charge in [0.05, 0.1) is 0 Å². The highest BCUT2D eigenvalue weighted by Crippen LogP contribution is 2.11. The van der Waals surface area contributed by atoms with E-state index in [1.807, 2.05) is 13.1 Å². The highest BCUT2D eigenvalue weighted by atomic mass is 32.2. The minimum Gasteiger partial charge on any atom is -0.316 e. The van der Waals surface area contributed by atoms with E-state index in [2.05, 4.69) is 22.2 Å². The molecule has 0 radical (unpaired) electrons. The van der Waals surface area contributed by atoms with E-state index in [0.717, 1.165) is 10.9 Å². The maximum atomic E-state index is 4.11. The molecule has 1 atom stereocenters. The molecule has 0 saturated carbocycles. The van der Waals surface area contributed by atoms with E-state index in [1.54, 1.807) is 24.2 Å². The van der Waals surface area contributed by atoms with Crippen molar-refractivity contribution in [2.45, 2.75) is 18.1 Å². The molecule has 1 heterocycles. The largest absolute Gasteiger partial charge is 0.316 e. The molecule has 66 valence electrons. The predicted molar refractivity (Wildman–Crippen MR) is 51.3 cm³/mol. The normalized spacial score (nSPS) is 12.8. The zero-order valence-electron chi connectivity index (χ0n) is 7.32. The van der Waals surface area contributed by atoms with Crippen LogP contribution in [-0.2, 0) is 0 Å². The summed E-state index contributed by atoms with van der Waals surface area (Å²) in [7, 11) is 1.96. The number of aromatic nitrogens is 2. The average Bonchev–Trinajstić information content (AvgIpc) is 2.16. The third kappa shape index (κ3) is 3.19. The Morgan fingerprint density at radius 2 is 2.17 bits per heavy atom. The molecule has 0 aliphatic heterocycles. The fourth-order valence-electron chi connectivity index (χ4n) is 0.643. The van der Waals surface area contributed by atoms with Crippen LogP contribution >= 0.6 is 11.8 Å². The minimum atomic E-state index is 0.499. The van der Waals surface area contributed by atoms with Gasteiger partial charge in [0.25, 0.3) is 0 Å². The van der Waals surface area contributed by atoms with Crippen LogP contribution in [0.25, 0.3) is 0 Å². The van der Waals surface area contributed by atoms with Crippen molar-refractivity contribution in [2.24, 2.45) is 0 Å². The quantitative estimate of drug-likeness (QED) is 0.562. The van der Waals surface area contributed by atoms with Gasteiger partial charge in [-0.15, -0.1) is 0 Å². The number of thioether (sulfide) groups is 1. The summed E-state index contributed by atoms with van der Waals surface area (Å²) in [6.07, 6.45) is 3.53. The second-order valence-corrected chi connectivity index (χ2v) is 3.52. The summed E-state index contributed by atoms with van der Waals surface area (Å²) >= 11 is 1.67. The van der Waals surface area contributed by atoms with Crippen LogP contribution in [0.4, 0.5) is 0 Å². The predicted octanol–water partition coefficient (Wildman–Crippen LogP) is 1.18. The van der Waals surface area contributed by atoms with Gasteiger partial charge in [-0.3, -0.25) is 0 Å². The first-order chi connectivity index (χ1) is 5.83. The Morgan fingerprint density at radius 1 is 1.50 bits per heavy atom. The van der Waals surface area contributed by atoms with Crippen LogP contribution in [0.5, 0.6) is 0 Å². The lowest BCUT2D eigenvalue weighted by molar-refractivity contribution is 0.676. The van der Waals surface area contributed by atoms with Crippen LogP contribution in [0, 0.1) is 0 Å². The molecule has 4 heteroatoms. The van der Waals surface area contributed by atoms with Crippen molar-refractivity contribution >= 4 is 11.8 Å². The molecule has 1 rings (SSSR count). The molecular formula is C8H13N3S. The van der Waals surface area contributed by atoms with Gasteiger partial charge in [-0.1, -0.05) is 11.8 Å². The zero-order chi connectivity index (χ0) is 8.81. The first-order valence-corrected chi connectivity index (χ1v) is 4.88. The Balaban J connectivity index is 2.33. The number of hydrogen-bond donors (Lipinski definition) is 1. The summed E-state index contributed by atoms with van der Waals surface area (Å²) < 4.78 is 0. The molecule has 3 nitrogen and oxygen atoms in total. The summed E-state index contributed by atoms with van der Waals surface area (Å²) in [6, 6.07) is 2.32. The topological polar surface area (TPSA) is 37.8 Å². The number of nitrogens with one attached hydrogen (secondary N) is 1. The van der Waals surface area contributed by atoms with Crippen molar-refractivity contribution in [3.8, 4) is 0 Å². The molecule has 1 N–H and O–H groups in total. The van der Waals surface area contributed by atoms with E-state index in [-0.39, 0.29) is 0 Å². The third-order valence-electron chi connectivity index (χ3n) is 1.50. The van der Waals surface area contributed by atoms with Gasteiger partial charge < -0.3 is 5.32 Å². The van der Waals surface area contributed by atoms with E-state index < -0.39 is 0 Å². The third-order valence-corrected chi connectivity index (χ3v) is 2.63. The molecule has 1 unspecified atom stereocenters. The SMILES string of the molecule is CNC(C)CSc1ncccn1. The van der Waals surface area contributed by atoms with Gasteiger partial charge >= 0.3 is 0 Å². The Kier molecular flexibility index (Phi) is 4.04. The molecular weight excluding hydrogens is 170 g/mol. The Hall–Kier alpha value is -0.610. The zero-order valence-corrected chi connectivity index (χ0v) is 8.14. The van der Waals surface area contributed by atoms with Crippen LogP contribution < -0.4 is 5.32 Å². The van der Waals surface area contributed by atoms with Crippen molar-refractivity contribution < 1.29 is 0 Å². The highest BCUT2D eigenvalue weighted by molar-refractivity contribution is 7.99. The second-order valence-electron chi connectivity index (χ2n) is 2.53. The Labute approximate surface area is 77.0 Å². The number of rotatable bonds is 4. The molecule has 0 aromatic carbocycles. The van der Waals surface area contributed by atoms with Gasteiger partial charge in [-0.05, 0) is 20.0 Å². The summed E-state index contributed by atoms with van der Waals surface area (Å²) in [5.41, 5.74) is 0. The first-order valence-electron chi connectivity index (χ1n) is 3.90. The molecule has 0 fully saturated rings. The van der Waals surface area contributed by atoms with Crippen molar-refractivity contribution in [3.05, 3.63) is 18.5 Å². The smallest absolute Gasteiger partial charge is 0.187 e. The van der Waals surface area contributed by atoms with E-state index in [0.29, 0.717) is 6.04 Å². The fraction of sp³-hybridized carbons (Fsp3) is 0.500. The maximum absolute atomic E-state index is 4.11. The molecule has 0 spiro atoms. The lowest BCUT2D eigenvalue weighted by atomic mass is 10.4. The number of nitrogens with zero attached hydrogens (tertiary/aromatic N) is 2. The molecule has 1 aromatic rings. The summed E-state index contributed by atoms with van der Waals surface area (Å²) in [5.74, 6) is 1.00. The van der Waals surface area contributed by atoms with Crippen molar-refractivity contribution in [3.63, 3.8) is 0 Å². The molecule has 12 heavy (non-hydrogen) atoms. The summed E-state index contributed by atoms with van der Waals surface area (Å²) in [5, 5.41) is 4.01. The molecule has 0 aliphatic rings. The lowest BCUT2D eigenvalue weighted by Crippen LogP contribution is -2.23. The highest BCUT2D eigenvalue weighted by Gasteiger charge is 2.00. The summed E-state index contributed by atoms with van der Waals surface area (Å²) in [4.78, 5) is 8.22. The molecule has 0 bridgehead atoms. The van der Waals surface area contributed by atoms with E-state index in [4.69, 9.17) is 0 Å². The molecule has 0 saturated heterocycles. The second kappa shape index (κ2) is 5.11. The minimum absolute atomic E-state index is 0.499.